The van der Waals surface area contributed by atoms with Crippen molar-refractivity contribution in [3.05, 3.63) is 24.3 Å². The quantitative estimate of drug-likeness (QED) is 0.786. The third-order valence-electron chi connectivity index (χ3n) is 4.36. The monoisotopic (exact) mass is 347 g/mol. The van der Waals surface area contributed by atoms with Crippen LogP contribution in [0.3, 0.4) is 0 Å². The highest BCUT2D eigenvalue weighted by molar-refractivity contribution is 5.96. The van der Waals surface area contributed by atoms with Crippen LogP contribution in [0.1, 0.15) is 40.0 Å². The normalized spacial score (nSPS) is 16.8. The molecule has 0 aromatic heterocycles. The summed E-state index contributed by atoms with van der Waals surface area (Å²) in [4.78, 5) is 28.2. The topological polar surface area (TPSA) is 61.9 Å². The third-order valence-corrected chi connectivity index (χ3v) is 4.36. The second-order valence-electron chi connectivity index (χ2n) is 6.22. The molecule has 138 valence electrons. The standard InChI is InChI=1S/C19H29N3O3/c1-4-7-12-21(5-2)19(24)20-15-13-18(23)22(14-15)16-8-10-17(11-9-16)25-6-3/h8-11,15H,4-7,12-14H2,1-3H3,(H,20,24). The van der Waals surface area contributed by atoms with E-state index in [9.17, 15) is 9.59 Å². The van der Waals surface area contributed by atoms with E-state index in [0.29, 0.717) is 26.1 Å². The number of ether oxygens (including phenoxy) is 1. The average Bonchev–Trinajstić information content (AvgIpc) is 2.97. The van der Waals surface area contributed by atoms with Crippen LogP contribution in [0.25, 0.3) is 0 Å². The summed E-state index contributed by atoms with van der Waals surface area (Å²) in [5.41, 5.74) is 0.837. The lowest BCUT2D eigenvalue weighted by Gasteiger charge is -2.23. The van der Waals surface area contributed by atoms with Crippen molar-refractivity contribution in [2.45, 2.75) is 46.1 Å². The van der Waals surface area contributed by atoms with E-state index in [1.807, 2.05) is 38.1 Å². The van der Waals surface area contributed by atoms with Gasteiger partial charge in [-0.25, -0.2) is 4.79 Å². The second-order valence-corrected chi connectivity index (χ2v) is 6.22. The smallest absolute Gasteiger partial charge is 0.317 e. The molecule has 2 rings (SSSR count). The molecule has 1 saturated heterocycles. The fourth-order valence-corrected chi connectivity index (χ4v) is 2.96. The van der Waals surface area contributed by atoms with Gasteiger partial charge in [-0.1, -0.05) is 13.3 Å². The number of carbonyl (C=O) groups is 2. The van der Waals surface area contributed by atoms with Crippen molar-refractivity contribution in [3.8, 4) is 5.75 Å². The number of benzene rings is 1. The maximum absolute atomic E-state index is 12.4. The van der Waals surface area contributed by atoms with Crippen LogP contribution in [0, 0.1) is 0 Å². The Morgan fingerprint density at radius 2 is 2.00 bits per heavy atom. The number of carbonyl (C=O) groups excluding carboxylic acids is 2. The maximum atomic E-state index is 12.4. The van der Waals surface area contributed by atoms with E-state index in [2.05, 4.69) is 12.2 Å². The number of hydrogen-bond donors (Lipinski definition) is 1. The molecule has 1 aromatic rings. The fourth-order valence-electron chi connectivity index (χ4n) is 2.96. The molecule has 0 saturated carbocycles. The molecular formula is C19H29N3O3. The Kier molecular flexibility index (Phi) is 7.10. The molecule has 1 aliphatic rings. The van der Waals surface area contributed by atoms with E-state index in [1.165, 1.54) is 0 Å². The Bertz CT molecular complexity index is 574. The highest BCUT2D eigenvalue weighted by Gasteiger charge is 2.32. The lowest BCUT2D eigenvalue weighted by Crippen LogP contribution is -2.46. The summed E-state index contributed by atoms with van der Waals surface area (Å²) in [5, 5.41) is 3.00. The molecule has 1 N–H and O–H groups in total. The molecule has 0 aliphatic carbocycles. The van der Waals surface area contributed by atoms with Crippen molar-refractivity contribution in [3.63, 3.8) is 0 Å². The Labute approximate surface area is 150 Å². The predicted molar refractivity (Wildman–Crippen MR) is 99.1 cm³/mol. The summed E-state index contributed by atoms with van der Waals surface area (Å²) in [6.45, 7) is 8.56. The van der Waals surface area contributed by atoms with Crippen LogP contribution in [-0.2, 0) is 4.79 Å². The Morgan fingerprint density at radius 1 is 1.28 bits per heavy atom. The summed E-state index contributed by atoms with van der Waals surface area (Å²) in [6.07, 6.45) is 2.38. The summed E-state index contributed by atoms with van der Waals surface area (Å²) in [7, 11) is 0. The van der Waals surface area contributed by atoms with Gasteiger partial charge in [-0.15, -0.1) is 0 Å². The number of urea groups is 1. The molecule has 25 heavy (non-hydrogen) atoms. The number of nitrogens with zero attached hydrogens (tertiary/aromatic N) is 2. The molecule has 1 heterocycles. The van der Waals surface area contributed by atoms with Gasteiger partial charge in [0, 0.05) is 31.7 Å². The van der Waals surface area contributed by atoms with Gasteiger partial charge in [-0.3, -0.25) is 4.79 Å². The lowest BCUT2D eigenvalue weighted by molar-refractivity contribution is -0.117. The third kappa shape index (κ3) is 5.11. The Morgan fingerprint density at radius 3 is 2.60 bits per heavy atom. The minimum absolute atomic E-state index is 0.0334. The van der Waals surface area contributed by atoms with Crippen LogP contribution < -0.4 is 15.0 Å². The molecule has 1 atom stereocenters. The highest BCUT2D eigenvalue weighted by Crippen LogP contribution is 2.24. The molecule has 1 aliphatic heterocycles. The number of unbranched alkanes of at least 4 members (excludes halogenated alkanes) is 1. The van der Waals surface area contributed by atoms with Gasteiger partial charge in [-0.05, 0) is 44.5 Å². The van der Waals surface area contributed by atoms with Crippen LogP contribution in [-0.4, -0.2) is 49.1 Å². The first kappa shape index (κ1) is 19.1. The van der Waals surface area contributed by atoms with Gasteiger partial charge in [0.05, 0.1) is 12.6 Å². The van der Waals surface area contributed by atoms with Crippen LogP contribution in [0.4, 0.5) is 10.5 Å². The second kappa shape index (κ2) is 9.30. The predicted octanol–water partition coefficient (Wildman–Crippen LogP) is 3.02. The fraction of sp³-hybridized carbons (Fsp3) is 0.579. The van der Waals surface area contributed by atoms with Crippen molar-refractivity contribution in [1.29, 1.82) is 0 Å². The average molecular weight is 347 g/mol. The number of rotatable bonds is 8. The first-order valence-electron chi connectivity index (χ1n) is 9.17. The molecule has 1 fully saturated rings. The number of amides is 3. The number of anilines is 1. The molecule has 6 nitrogen and oxygen atoms in total. The Balaban J connectivity index is 1.93. The van der Waals surface area contributed by atoms with E-state index in [4.69, 9.17) is 4.74 Å². The van der Waals surface area contributed by atoms with E-state index in [-0.39, 0.29) is 18.0 Å². The molecule has 0 bridgehead atoms. The zero-order valence-corrected chi connectivity index (χ0v) is 15.5. The van der Waals surface area contributed by atoms with Crippen molar-refractivity contribution >= 4 is 17.6 Å². The first-order chi connectivity index (χ1) is 12.1. The summed E-state index contributed by atoms with van der Waals surface area (Å²) < 4.78 is 5.43. The Hall–Kier alpha value is -2.24. The van der Waals surface area contributed by atoms with Crippen molar-refractivity contribution in [2.75, 3.05) is 31.1 Å². The largest absolute Gasteiger partial charge is 0.494 e. The zero-order chi connectivity index (χ0) is 18.2. The SMILES string of the molecule is CCCCN(CC)C(=O)NC1CC(=O)N(c2ccc(OCC)cc2)C1. The minimum Gasteiger partial charge on any atom is -0.494 e. The van der Waals surface area contributed by atoms with E-state index >= 15 is 0 Å². The van der Waals surface area contributed by atoms with Gasteiger partial charge in [-0.2, -0.15) is 0 Å². The zero-order valence-electron chi connectivity index (χ0n) is 15.5. The van der Waals surface area contributed by atoms with Crippen LogP contribution in [0.5, 0.6) is 5.75 Å². The lowest BCUT2D eigenvalue weighted by atomic mass is 10.2. The molecule has 1 aromatic carbocycles. The molecule has 0 radical (unpaired) electrons. The number of hydrogen-bond acceptors (Lipinski definition) is 3. The van der Waals surface area contributed by atoms with Gasteiger partial charge in [0.15, 0.2) is 0 Å². The molecule has 3 amide bonds. The van der Waals surface area contributed by atoms with Crippen LogP contribution in [0.15, 0.2) is 24.3 Å². The van der Waals surface area contributed by atoms with Crippen LogP contribution in [0.2, 0.25) is 0 Å². The van der Waals surface area contributed by atoms with Crippen molar-refractivity contribution in [1.82, 2.24) is 10.2 Å². The van der Waals surface area contributed by atoms with Gasteiger partial charge < -0.3 is 19.9 Å². The number of nitrogens with one attached hydrogen (secondary N) is 1. The van der Waals surface area contributed by atoms with E-state index in [1.54, 1.807) is 9.80 Å². The first-order valence-corrected chi connectivity index (χ1v) is 9.17. The van der Waals surface area contributed by atoms with E-state index in [0.717, 1.165) is 30.8 Å². The molecule has 0 spiro atoms. The minimum atomic E-state index is -0.151. The van der Waals surface area contributed by atoms with Gasteiger partial charge in [0.1, 0.15) is 5.75 Å². The van der Waals surface area contributed by atoms with Gasteiger partial charge in [0.2, 0.25) is 5.91 Å². The van der Waals surface area contributed by atoms with E-state index < -0.39 is 0 Å². The van der Waals surface area contributed by atoms with Crippen molar-refractivity contribution < 1.29 is 14.3 Å². The summed E-state index contributed by atoms with van der Waals surface area (Å²) in [6, 6.07) is 7.26. The molecular weight excluding hydrogens is 318 g/mol. The molecule has 1 unspecified atom stereocenters. The molecule has 6 heteroatoms. The van der Waals surface area contributed by atoms with Gasteiger partial charge in [0.25, 0.3) is 0 Å². The maximum Gasteiger partial charge on any atom is 0.317 e. The summed E-state index contributed by atoms with van der Waals surface area (Å²) in [5.74, 6) is 0.823. The van der Waals surface area contributed by atoms with Gasteiger partial charge >= 0.3 is 6.03 Å². The summed E-state index contributed by atoms with van der Waals surface area (Å²) >= 11 is 0. The highest BCUT2D eigenvalue weighted by atomic mass is 16.5. The van der Waals surface area contributed by atoms with Crippen molar-refractivity contribution in [2.24, 2.45) is 0 Å². The van der Waals surface area contributed by atoms with Crippen LogP contribution >= 0.6 is 0 Å².